The number of carbonyl (C=O) groups excluding carboxylic acids is 1. The summed E-state index contributed by atoms with van der Waals surface area (Å²) in [5.74, 6) is 0.718. The second kappa shape index (κ2) is 7.48. The van der Waals surface area contributed by atoms with Crippen molar-refractivity contribution in [2.45, 2.75) is 26.3 Å². The highest BCUT2D eigenvalue weighted by atomic mass is 32.1. The van der Waals surface area contributed by atoms with E-state index < -0.39 is 0 Å². The summed E-state index contributed by atoms with van der Waals surface area (Å²) in [7, 11) is 3.45. The van der Waals surface area contributed by atoms with E-state index in [1.165, 1.54) is 11.3 Å². The minimum atomic E-state index is -0.254. The minimum absolute atomic E-state index is 0.0874. The molecule has 0 aliphatic rings. The Kier molecular flexibility index (Phi) is 5.28. The highest BCUT2D eigenvalue weighted by Gasteiger charge is 2.25. The quantitative estimate of drug-likeness (QED) is 0.654. The van der Waals surface area contributed by atoms with Gasteiger partial charge in [0.15, 0.2) is 0 Å². The Bertz CT molecular complexity index is 943. The summed E-state index contributed by atoms with van der Waals surface area (Å²) in [5.41, 5.74) is 2.90. The number of amides is 1. The monoisotopic (exact) mass is 381 g/mol. The molecule has 2 heterocycles. The first-order valence-corrected chi connectivity index (χ1v) is 9.52. The molecule has 0 aliphatic carbocycles. The zero-order chi connectivity index (χ0) is 19.6. The van der Waals surface area contributed by atoms with Gasteiger partial charge in [0.05, 0.1) is 12.8 Å². The predicted octanol–water partition coefficient (Wildman–Crippen LogP) is 4.75. The zero-order valence-corrected chi connectivity index (χ0v) is 17.0. The second-order valence-electron chi connectivity index (χ2n) is 7.21. The van der Waals surface area contributed by atoms with E-state index in [0.717, 1.165) is 27.6 Å². The lowest BCUT2D eigenvalue weighted by Crippen LogP contribution is -2.42. The number of rotatable bonds is 4. The normalized spacial score (nSPS) is 11.3. The van der Waals surface area contributed by atoms with Gasteiger partial charge in [-0.2, -0.15) is 0 Å². The van der Waals surface area contributed by atoms with Gasteiger partial charge in [-0.15, -0.1) is 11.3 Å². The van der Waals surface area contributed by atoms with E-state index in [0.29, 0.717) is 5.69 Å². The van der Waals surface area contributed by atoms with Gasteiger partial charge < -0.3 is 9.64 Å². The van der Waals surface area contributed by atoms with Crippen LogP contribution in [-0.2, 0) is 0 Å². The van der Waals surface area contributed by atoms with E-state index in [1.807, 2.05) is 57.2 Å². The van der Waals surface area contributed by atoms with Gasteiger partial charge in [-0.05, 0) is 32.9 Å². The molecule has 2 aromatic heterocycles. The Labute approximate surface area is 163 Å². The van der Waals surface area contributed by atoms with Crippen LogP contribution in [0.3, 0.4) is 0 Å². The highest BCUT2D eigenvalue weighted by Crippen LogP contribution is 2.31. The Balaban J connectivity index is 1.85. The smallest absolute Gasteiger partial charge is 0.273 e. The van der Waals surface area contributed by atoms with Crippen LogP contribution in [0.2, 0.25) is 0 Å². The van der Waals surface area contributed by atoms with Crippen molar-refractivity contribution in [2.75, 3.05) is 14.2 Å². The minimum Gasteiger partial charge on any atom is -0.496 e. The molecule has 27 heavy (non-hydrogen) atoms. The van der Waals surface area contributed by atoms with Gasteiger partial charge in [0.25, 0.3) is 5.91 Å². The first kappa shape index (κ1) is 19.0. The molecular weight excluding hydrogens is 358 g/mol. The molecule has 6 heteroatoms. The molecule has 0 fully saturated rings. The Hall–Kier alpha value is -2.73. The zero-order valence-electron chi connectivity index (χ0n) is 16.2. The van der Waals surface area contributed by atoms with Gasteiger partial charge >= 0.3 is 0 Å². The molecule has 0 atom stereocenters. The molecule has 0 unspecified atom stereocenters. The number of carbonyl (C=O) groups is 1. The summed E-state index contributed by atoms with van der Waals surface area (Å²) in [6, 6.07) is 11.7. The number of pyridine rings is 1. The van der Waals surface area contributed by atoms with Gasteiger partial charge in [0.1, 0.15) is 16.5 Å². The van der Waals surface area contributed by atoms with Crippen LogP contribution in [-0.4, -0.2) is 40.5 Å². The summed E-state index contributed by atoms with van der Waals surface area (Å²) in [6.07, 6.45) is 1.80. The van der Waals surface area contributed by atoms with Gasteiger partial charge in [-0.1, -0.05) is 24.3 Å². The van der Waals surface area contributed by atoms with Crippen molar-refractivity contribution in [3.8, 4) is 27.6 Å². The van der Waals surface area contributed by atoms with Crippen LogP contribution in [0.4, 0.5) is 0 Å². The number of nitrogens with zero attached hydrogens (tertiary/aromatic N) is 3. The molecule has 1 amide bonds. The number of benzene rings is 1. The molecule has 3 rings (SSSR count). The Morgan fingerprint density at radius 3 is 2.52 bits per heavy atom. The maximum absolute atomic E-state index is 12.6. The molecular formula is C21H23N3O2S. The molecule has 0 saturated heterocycles. The fourth-order valence-corrected chi connectivity index (χ4v) is 3.30. The van der Waals surface area contributed by atoms with Crippen LogP contribution in [0.1, 0.15) is 31.3 Å². The maximum atomic E-state index is 12.6. The third-order valence-corrected chi connectivity index (χ3v) is 5.30. The largest absolute Gasteiger partial charge is 0.496 e. The van der Waals surface area contributed by atoms with E-state index in [1.54, 1.807) is 30.6 Å². The van der Waals surface area contributed by atoms with Crippen molar-refractivity contribution in [1.82, 2.24) is 14.9 Å². The van der Waals surface area contributed by atoms with Crippen LogP contribution in [0.25, 0.3) is 21.8 Å². The van der Waals surface area contributed by atoms with E-state index in [2.05, 4.69) is 9.97 Å². The SMILES string of the molecule is COc1ccccc1-c1ccc(-c2nc(C(=O)N(C)C(C)(C)C)cs2)nc1. The molecule has 3 aromatic rings. The molecule has 5 nitrogen and oxygen atoms in total. The summed E-state index contributed by atoms with van der Waals surface area (Å²) < 4.78 is 5.41. The fourth-order valence-electron chi connectivity index (χ4n) is 2.53. The number of hydrogen-bond acceptors (Lipinski definition) is 5. The number of ether oxygens (including phenoxy) is 1. The van der Waals surface area contributed by atoms with Crippen molar-refractivity contribution in [1.29, 1.82) is 0 Å². The van der Waals surface area contributed by atoms with Gasteiger partial charge in [0.2, 0.25) is 0 Å². The lowest BCUT2D eigenvalue weighted by molar-refractivity contribution is 0.0650. The summed E-state index contributed by atoms with van der Waals surface area (Å²) >= 11 is 1.42. The number of thiazole rings is 1. The lowest BCUT2D eigenvalue weighted by Gasteiger charge is -2.31. The summed E-state index contributed by atoms with van der Waals surface area (Å²) in [6.45, 7) is 5.99. The Morgan fingerprint density at radius 2 is 1.89 bits per heavy atom. The van der Waals surface area contributed by atoms with E-state index in [9.17, 15) is 4.79 Å². The lowest BCUT2D eigenvalue weighted by atomic mass is 10.1. The molecule has 0 bridgehead atoms. The topological polar surface area (TPSA) is 55.3 Å². The third kappa shape index (κ3) is 4.01. The number of hydrogen-bond donors (Lipinski definition) is 0. The Morgan fingerprint density at radius 1 is 1.15 bits per heavy atom. The van der Waals surface area contributed by atoms with Crippen LogP contribution in [0.5, 0.6) is 5.75 Å². The number of methoxy groups -OCH3 is 1. The molecule has 140 valence electrons. The van der Waals surface area contributed by atoms with Gasteiger partial charge in [-0.3, -0.25) is 9.78 Å². The van der Waals surface area contributed by atoms with Crippen LogP contribution >= 0.6 is 11.3 Å². The third-order valence-electron chi connectivity index (χ3n) is 4.43. The van der Waals surface area contributed by atoms with Gasteiger partial charge in [-0.25, -0.2) is 4.98 Å². The van der Waals surface area contributed by atoms with Crippen molar-refractivity contribution in [2.24, 2.45) is 0 Å². The molecule has 0 aliphatic heterocycles. The molecule has 0 spiro atoms. The van der Waals surface area contributed by atoms with Crippen molar-refractivity contribution in [3.05, 3.63) is 53.7 Å². The van der Waals surface area contributed by atoms with E-state index in [4.69, 9.17) is 4.74 Å². The molecule has 1 aromatic carbocycles. The standard InChI is InChI=1S/C21H23N3O2S/c1-21(2,3)24(4)20(25)17-13-27-19(23-17)16-11-10-14(12-22-16)15-8-6-7-9-18(15)26-5/h6-13H,1-5H3. The van der Waals surface area contributed by atoms with Crippen molar-refractivity contribution < 1.29 is 9.53 Å². The highest BCUT2D eigenvalue weighted by molar-refractivity contribution is 7.13. The maximum Gasteiger partial charge on any atom is 0.273 e. The summed E-state index contributed by atoms with van der Waals surface area (Å²) in [4.78, 5) is 23.3. The van der Waals surface area contributed by atoms with Crippen molar-refractivity contribution in [3.63, 3.8) is 0 Å². The van der Waals surface area contributed by atoms with Gasteiger partial charge in [0, 0.05) is 35.3 Å². The van der Waals surface area contributed by atoms with Crippen LogP contribution < -0.4 is 4.74 Å². The van der Waals surface area contributed by atoms with E-state index >= 15 is 0 Å². The first-order valence-electron chi connectivity index (χ1n) is 8.65. The molecule has 0 saturated carbocycles. The van der Waals surface area contributed by atoms with Crippen LogP contribution in [0, 0.1) is 0 Å². The van der Waals surface area contributed by atoms with Crippen molar-refractivity contribution >= 4 is 17.2 Å². The fraction of sp³-hybridized carbons (Fsp3) is 0.286. The number of aromatic nitrogens is 2. The average Bonchev–Trinajstić information content (AvgIpc) is 3.16. The summed E-state index contributed by atoms with van der Waals surface area (Å²) in [5, 5.41) is 2.52. The molecule has 0 radical (unpaired) electrons. The second-order valence-corrected chi connectivity index (χ2v) is 8.06. The van der Waals surface area contributed by atoms with E-state index in [-0.39, 0.29) is 11.4 Å². The predicted molar refractivity (Wildman–Crippen MR) is 109 cm³/mol. The average molecular weight is 382 g/mol. The van der Waals surface area contributed by atoms with Crippen LogP contribution in [0.15, 0.2) is 48.0 Å². The number of para-hydroxylation sites is 1. The molecule has 0 N–H and O–H groups in total. The first-order chi connectivity index (χ1) is 12.8.